The highest BCUT2D eigenvalue weighted by molar-refractivity contribution is 5.44. The van der Waals surface area contributed by atoms with Crippen LogP contribution in [-0.4, -0.2) is 40.4 Å². The van der Waals surface area contributed by atoms with Crippen molar-refractivity contribution in [3.8, 4) is 0 Å². The molecule has 1 fully saturated rings. The van der Waals surface area contributed by atoms with E-state index < -0.39 is 17.3 Å². The summed E-state index contributed by atoms with van der Waals surface area (Å²) in [4.78, 5) is 0. The Morgan fingerprint density at radius 3 is 2.68 bits per heavy atom. The van der Waals surface area contributed by atoms with Crippen molar-refractivity contribution in [3.05, 3.63) is 11.1 Å². The molecule has 0 aromatic rings. The predicted octanol–water partition coefficient (Wildman–Crippen LogP) is 1.20. The summed E-state index contributed by atoms with van der Waals surface area (Å²) in [6, 6.07) is 0. The van der Waals surface area contributed by atoms with Crippen molar-refractivity contribution in [2.24, 2.45) is 16.7 Å². The fraction of sp³-hybridized carbons (Fsp3) is 0.867. The Morgan fingerprint density at radius 2 is 2.05 bits per heavy atom. The van der Waals surface area contributed by atoms with Gasteiger partial charge < -0.3 is 20.1 Å². The van der Waals surface area contributed by atoms with E-state index in [9.17, 15) is 15.3 Å². The fourth-order valence-corrected chi connectivity index (χ4v) is 4.69. The molecule has 1 aliphatic heterocycles. The molecule has 4 heteroatoms. The van der Waals surface area contributed by atoms with Gasteiger partial charge >= 0.3 is 0 Å². The summed E-state index contributed by atoms with van der Waals surface area (Å²) >= 11 is 0. The Bertz CT molecular complexity index is 441. The van der Waals surface area contributed by atoms with Gasteiger partial charge in [0.25, 0.3) is 0 Å². The van der Waals surface area contributed by atoms with Gasteiger partial charge in [-0.15, -0.1) is 0 Å². The quantitative estimate of drug-likeness (QED) is 0.625. The van der Waals surface area contributed by atoms with Crippen LogP contribution < -0.4 is 0 Å². The zero-order chi connectivity index (χ0) is 14.1. The summed E-state index contributed by atoms with van der Waals surface area (Å²) in [5.74, 6) is -0.0543. The molecule has 0 unspecified atom stereocenters. The second-order valence-electron chi connectivity index (χ2n) is 7.28. The van der Waals surface area contributed by atoms with Crippen molar-refractivity contribution in [2.45, 2.75) is 51.9 Å². The largest absolute Gasteiger partial charge is 0.395 e. The van der Waals surface area contributed by atoms with Crippen LogP contribution in [0.5, 0.6) is 0 Å². The lowest BCUT2D eigenvalue weighted by atomic mass is 9.63. The maximum Gasteiger partial charge on any atom is 0.188 e. The Balaban J connectivity index is 2.24. The summed E-state index contributed by atoms with van der Waals surface area (Å²) in [6.45, 7) is 6.54. The Morgan fingerprint density at radius 1 is 1.37 bits per heavy atom. The van der Waals surface area contributed by atoms with Crippen molar-refractivity contribution < 1.29 is 20.1 Å². The molecule has 0 aromatic carbocycles. The van der Waals surface area contributed by atoms with E-state index >= 15 is 0 Å². The van der Waals surface area contributed by atoms with E-state index in [1.54, 1.807) is 0 Å². The summed E-state index contributed by atoms with van der Waals surface area (Å²) in [6.07, 6.45) is 1.39. The first kappa shape index (κ1) is 13.6. The zero-order valence-corrected chi connectivity index (χ0v) is 11.9. The van der Waals surface area contributed by atoms with E-state index in [4.69, 9.17) is 4.74 Å². The molecule has 3 aliphatic rings. The highest BCUT2D eigenvalue weighted by Crippen LogP contribution is 2.63. The smallest absolute Gasteiger partial charge is 0.188 e. The van der Waals surface area contributed by atoms with Crippen LogP contribution >= 0.6 is 0 Å². The molecule has 1 saturated heterocycles. The minimum Gasteiger partial charge on any atom is -0.395 e. The standard InChI is InChI=1S/C15H24O4/c1-9-4-5-10-11-14(7-16,6-13(10,2)3)8-19-12(17)15(9,11)18/h9,12,16-18H,4-8H2,1-3H3/t9-,12+,14-,15-/m1/s1. The van der Waals surface area contributed by atoms with E-state index in [2.05, 4.69) is 13.8 Å². The molecule has 108 valence electrons. The van der Waals surface area contributed by atoms with Crippen LogP contribution in [0.15, 0.2) is 11.1 Å². The van der Waals surface area contributed by atoms with Crippen molar-refractivity contribution in [1.29, 1.82) is 0 Å². The van der Waals surface area contributed by atoms with Gasteiger partial charge in [-0.2, -0.15) is 0 Å². The van der Waals surface area contributed by atoms with Crippen LogP contribution in [0, 0.1) is 16.7 Å². The first-order valence-electron chi connectivity index (χ1n) is 7.15. The molecular formula is C15H24O4. The van der Waals surface area contributed by atoms with Gasteiger partial charge in [0.1, 0.15) is 5.60 Å². The van der Waals surface area contributed by atoms with E-state index in [-0.39, 0.29) is 17.9 Å². The van der Waals surface area contributed by atoms with Gasteiger partial charge in [-0.05, 0) is 36.2 Å². The molecular weight excluding hydrogens is 244 g/mol. The van der Waals surface area contributed by atoms with Gasteiger partial charge in [0.2, 0.25) is 0 Å². The Hall–Kier alpha value is -0.420. The maximum atomic E-state index is 11.1. The van der Waals surface area contributed by atoms with Crippen LogP contribution in [0.4, 0.5) is 0 Å². The lowest BCUT2D eigenvalue weighted by Crippen LogP contribution is -2.61. The van der Waals surface area contributed by atoms with Gasteiger partial charge in [-0.1, -0.05) is 26.3 Å². The number of aliphatic hydroxyl groups excluding tert-OH is 2. The van der Waals surface area contributed by atoms with Gasteiger partial charge in [0.05, 0.1) is 13.2 Å². The third kappa shape index (κ3) is 1.49. The molecule has 0 amide bonds. The second-order valence-corrected chi connectivity index (χ2v) is 7.28. The normalized spacial score (nSPS) is 48.3. The molecule has 0 saturated carbocycles. The number of allylic oxidation sites excluding steroid dienone is 1. The van der Waals surface area contributed by atoms with Crippen LogP contribution in [0.1, 0.15) is 40.0 Å². The van der Waals surface area contributed by atoms with Crippen molar-refractivity contribution in [1.82, 2.24) is 0 Å². The third-order valence-electron chi connectivity index (χ3n) is 5.61. The summed E-state index contributed by atoms with van der Waals surface area (Å²) in [5.41, 5.74) is 0.221. The Labute approximate surface area is 114 Å². The van der Waals surface area contributed by atoms with E-state index in [0.29, 0.717) is 6.61 Å². The lowest BCUT2D eigenvalue weighted by Gasteiger charge is -2.52. The number of rotatable bonds is 1. The lowest BCUT2D eigenvalue weighted by molar-refractivity contribution is -0.259. The van der Waals surface area contributed by atoms with Crippen molar-refractivity contribution in [2.75, 3.05) is 13.2 Å². The average Bonchev–Trinajstić information content (AvgIpc) is 2.59. The predicted molar refractivity (Wildman–Crippen MR) is 70.2 cm³/mol. The first-order valence-corrected chi connectivity index (χ1v) is 7.15. The molecule has 19 heavy (non-hydrogen) atoms. The molecule has 2 aliphatic carbocycles. The van der Waals surface area contributed by atoms with Crippen molar-refractivity contribution in [3.63, 3.8) is 0 Å². The highest BCUT2D eigenvalue weighted by Gasteiger charge is 2.64. The minimum atomic E-state index is -1.33. The zero-order valence-electron chi connectivity index (χ0n) is 11.9. The molecule has 0 radical (unpaired) electrons. The van der Waals surface area contributed by atoms with E-state index in [1.165, 1.54) is 5.57 Å². The van der Waals surface area contributed by atoms with Gasteiger partial charge in [0, 0.05) is 5.41 Å². The molecule has 4 nitrogen and oxygen atoms in total. The summed E-state index contributed by atoms with van der Waals surface area (Å²) < 4.78 is 5.45. The van der Waals surface area contributed by atoms with Crippen LogP contribution in [0.2, 0.25) is 0 Å². The Kier molecular flexibility index (Phi) is 2.72. The minimum absolute atomic E-state index is 0.0307. The van der Waals surface area contributed by atoms with E-state index in [1.807, 2.05) is 6.92 Å². The SMILES string of the molecule is C[C@@H]1CCC2=C3[C@](CO)(CO[C@H](O)[C@]31O)CC2(C)C. The van der Waals surface area contributed by atoms with Crippen LogP contribution in [0.25, 0.3) is 0 Å². The third-order valence-corrected chi connectivity index (χ3v) is 5.61. The monoisotopic (exact) mass is 268 g/mol. The summed E-state index contributed by atoms with van der Waals surface area (Å²) in [5, 5.41) is 31.2. The molecule has 0 bridgehead atoms. The molecule has 3 N–H and O–H groups in total. The van der Waals surface area contributed by atoms with Crippen LogP contribution in [-0.2, 0) is 4.74 Å². The molecule has 1 heterocycles. The molecule has 4 atom stereocenters. The van der Waals surface area contributed by atoms with Gasteiger partial charge in [-0.25, -0.2) is 0 Å². The first-order chi connectivity index (χ1) is 8.78. The number of ether oxygens (including phenoxy) is 1. The fourth-order valence-electron chi connectivity index (χ4n) is 4.69. The average molecular weight is 268 g/mol. The van der Waals surface area contributed by atoms with Crippen molar-refractivity contribution >= 4 is 0 Å². The van der Waals surface area contributed by atoms with E-state index in [0.717, 1.165) is 24.8 Å². The second kappa shape index (κ2) is 3.82. The molecule has 3 rings (SSSR count). The number of aliphatic hydroxyl groups is 3. The highest BCUT2D eigenvalue weighted by atomic mass is 16.6. The topological polar surface area (TPSA) is 69.9 Å². The summed E-state index contributed by atoms with van der Waals surface area (Å²) in [7, 11) is 0. The number of hydrogen-bond acceptors (Lipinski definition) is 4. The van der Waals surface area contributed by atoms with Gasteiger partial charge in [0.15, 0.2) is 6.29 Å². The maximum absolute atomic E-state index is 11.1. The molecule has 0 aromatic heterocycles. The molecule has 0 spiro atoms. The number of hydrogen-bond donors (Lipinski definition) is 3. The van der Waals surface area contributed by atoms with Gasteiger partial charge in [-0.3, -0.25) is 0 Å². The van der Waals surface area contributed by atoms with Crippen LogP contribution in [0.3, 0.4) is 0 Å².